The van der Waals surface area contributed by atoms with Gasteiger partial charge in [-0.1, -0.05) is 84.5 Å². The van der Waals surface area contributed by atoms with Crippen molar-refractivity contribution in [3.63, 3.8) is 0 Å². The summed E-state index contributed by atoms with van der Waals surface area (Å²) in [5.74, 6) is -0.287. The van der Waals surface area contributed by atoms with E-state index in [0.29, 0.717) is 39.3 Å². The highest BCUT2D eigenvalue weighted by Gasteiger charge is 2.04. The van der Waals surface area contributed by atoms with Crippen molar-refractivity contribution >= 4 is 11.9 Å². The Morgan fingerprint density at radius 1 is 0.452 bits per heavy atom. The minimum atomic E-state index is -0.145. The molecule has 0 aromatic rings. The Kier molecular flexibility index (Phi) is 24.2. The summed E-state index contributed by atoms with van der Waals surface area (Å²) in [5.41, 5.74) is 0. The van der Waals surface area contributed by atoms with Gasteiger partial charge in [-0.05, 0) is 12.8 Å². The molecular formula is C25H48O6. The minimum absolute atomic E-state index is 0.142. The Morgan fingerprint density at radius 2 is 0.774 bits per heavy atom. The van der Waals surface area contributed by atoms with Crippen LogP contribution in [-0.4, -0.2) is 51.6 Å². The molecule has 184 valence electrons. The van der Waals surface area contributed by atoms with Crippen LogP contribution in [-0.2, 0) is 28.5 Å². The highest BCUT2D eigenvalue weighted by molar-refractivity contribution is 5.69. The number of carbonyl (C=O) groups excluding carboxylic acids is 2. The molecule has 31 heavy (non-hydrogen) atoms. The SMILES string of the molecule is CCCCCCCCCC(=O)OCCOCCOCCOC(=O)CCCCCCCC. The van der Waals surface area contributed by atoms with Crippen LogP contribution in [0.1, 0.15) is 110 Å². The van der Waals surface area contributed by atoms with Crippen LogP contribution in [0.25, 0.3) is 0 Å². The van der Waals surface area contributed by atoms with Crippen LogP contribution in [0.5, 0.6) is 0 Å². The van der Waals surface area contributed by atoms with Crippen molar-refractivity contribution in [3.05, 3.63) is 0 Å². The molecule has 0 heterocycles. The zero-order chi connectivity index (χ0) is 22.8. The van der Waals surface area contributed by atoms with Crippen molar-refractivity contribution < 1.29 is 28.5 Å². The molecule has 6 nitrogen and oxygen atoms in total. The summed E-state index contributed by atoms with van der Waals surface area (Å²) in [6.07, 6.45) is 16.3. The quantitative estimate of drug-likeness (QED) is 0.134. The lowest BCUT2D eigenvalue weighted by atomic mass is 10.1. The lowest BCUT2D eigenvalue weighted by Crippen LogP contribution is -2.15. The number of hydrogen-bond donors (Lipinski definition) is 0. The molecule has 0 bridgehead atoms. The normalized spacial score (nSPS) is 10.9. The topological polar surface area (TPSA) is 71.1 Å². The van der Waals surface area contributed by atoms with Crippen molar-refractivity contribution in [1.82, 2.24) is 0 Å². The van der Waals surface area contributed by atoms with Crippen molar-refractivity contribution in [2.45, 2.75) is 110 Å². The summed E-state index contributed by atoms with van der Waals surface area (Å²) in [6.45, 7) is 6.59. The fourth-order valence-electron chi connectivity index (χ4n) is 3.17. The van der Waals surface area contributed by atoms with E-state index in [9.17, 15) is 9.59 Å². The maximum Gasteiger partial charge on any atom is 0.305 e. The first-order chi connectivity index (χ1) is 15.2. The summed E-state index contributed by atoms with van der Waals surface area (Å²) in [4.78, 5) is 23.2. The third-order valence-corrected chi connectivity index (χ3v) is 5.07. The van der Waals surface area contributed by atoms with Gasteiger partial charge in [-0.25, -0.2) is 0 Å². The highest BCUT2D eigenvalue weighted by atomic mass is 16.6. The molecular weight excluding hydrogens is 396 g/mol. The molecule has 0 aromatic heterocycles. The van der Waals surface area contributed by atoms with Gasteiger partial charge in [0.2, 0.25) is 0 Å². The van der Waals surface area contributed by atoms with Crippen LogP contribution in [0.2, 0.25) is 0 Å². The van der Waals surface area contributed by atoms with Gasteiger partial charge in [0, 0.05) is 12.8 Å². The Hall–Kier alpha value is -1.14. The molecule has 0 aliphatic rings. The summed E-state index contributed by atoms with van der Waals surface area (Å²) in [6, 6.07) is 0. The second-order valence-electron chi connectivity index (χ2n) is 8.05. The number of rotatable bonds is 24. The first-order valence-electron chi connectivity index (χ1n) is 12.7. The fourth-order valence-corrected chi connectivity index (χ4v) is 3.17. The predicted octanol–water partition coefficient (Wildman–Crippen LogP) is 6.00. The Balaban J connectivity index is 3.23. The number of carbonyl (C=O) groups is 2. The van der Waals surface area contributed by atoms with Crippen molar-refractivity contribution in [1.29, 1.82) is 0 Å². The summed E-state index contributed by atoms with van der Waals surface area (Å²) >= 11 is 0. The minimum Gasteiger partial charge on any atom is -0.463 e. The smallest absolute Gasteiger partial charge is 0.305 e. The van der Waals surface area contributed by atoms with E-state index < -0.39 is 0 Å². The van der Waals surface area contributed by atoms with Gasteiger partial charge in [-0.2, -0.15) is 0 Å². The first-order valence-corrected chi connectivity index (χ1v) is 12.7. The van der Waals surface area contributed by atoms with Crippen LogP contribution in [0, 0.1) is 0 Å². The van der Waals surface area contributed by atoms with Gasteiger partial charge >= 0.3 is 11.9 Å². The van der Waals surface area contributed by atoms with E-state index in [0.717, 1.165) is 25.7 Å². The molecule has 0 amide bonds. The molecule has 0 aliphatic heterocycles. The van der Waals surface area contributed by atoms with Crippen LogP contribution in [0.4, 0.5) is 0 Å². The molecule has 6 heteroatoms. The van der Waals surface area contributed by atoms with Gasteiger partial charge < -0.3 is 18.9 Å². The number of unbranched alkanes of at least 4 members (excludes halogenated alkanes) is 11. The van der Waals surface area contributed by atoms with E-state index in [2.05, 4.69) is 13.8 Å². The Labute approximate surface area is 190 Å². The standard InChI is InChI=1S/C25H48O6/c1-3-5-7-9-11-13-15-17-25(27)31-23-21-29-19-18-28-20-22-30-24(26)16-14-12-10-8-6-4-2/h3-23H2,1-2H3. The average Bonchev–Trinajstić information content (AvgIpc) is 2.76. The van der Waals surface area contributed by atoms with Crippen LogP contribution >= 0.6 is 0 Å². The van der Waals surface area contributed by atoms with Crippen LogP contribution < -0.4 is 0 Å². The second kappa shape index (κ2) is 25.1. The van der Waals surface area contributed by atoms with Crippen molar-refractivity contribution in [3.8, 4) is 0 Å². The Morgan fingerprint density at radius 3 is 1.16 bits per heavy atom. The monoisotopic (exact) mass is 444 g/mol. The van der Waals surface area contributed by atoms with Gasteiger partial charge in [-0.3, -0.25) is 9.59 Å². The van der Waals surface area contributed by atoms with Gasteiger partial charge in [0.05, 0.1) is 26.4 Å². The molecule has 0 rings (SSSR count). The Bertz CT molecular complexity index is 399. The lowest BCUT2D eigenvalue weighted by molar-refractivity contribution is -0.147. The summed E-state index contributed by atoms with van der Waals surface area (Å²) in [5, 5.41) is 0. The number of hydrogen-bond acceptors (Lipinski definition) is 6. The third-order valence-electron chi connectivity index (χ3n) is 5.07. The van der Waals surface area contributed by atoms with Gasteiger partial charge in [0.1, 0.15) is 13.2 Å². The summed E-state index contributed by atoms with van der Waals surface area (Å²) < 4.78 is 21.0. The highest BCUT2D eigenvalue weighted by Crippen LogP contribution is 2.09. The van der Waals surface area contributed by atoms with Crippen LogP contribution in [0.3, 0.4) is 0 Å². The third kappa shape index (κ3) is 25.0. The summed E-state index contributed by atoms with van der Waals surface area (Å²) in [7, 11) is 0. The predicted molar refractivity (Wildman–Crippen MR) is 124 cm³/mol. The average molecular weight is 445 g/mol. The molecule has 0 radical (unpaired) electrons. The van der Waals surface area contributed by atoms with E-state index in [1.807, 2.05) is 0 Å². The van der Waals surface area contributed by atoms with Gasteiger partial charge in [0.25, 0.3) is 0 Å². The van der Waals surface area contributed by atoms with Crippen LogP contribution in [0.15, 0.2) is 0 Å². The largest absolute Gasteiger partial charge is 0.463 e. The molecule has 0 unspecified atom stereocenters. The second-order valence-corrected chi connectivity index (χ2v) is 8.05. The zero-order valence-electron chi connectivity index (χ0n) is 20.3. The molecule has 0 N–H and O–H groups in total. The van der Waals surface area contributed by atoms with Crippen molar-refractivity contribution in [2.75, 3.05) is 39.6 Å². The van der Waals surface area contributed by atoms with E-state index in [-0.39, 0.29) is 25.2 Å². The molecule has 0 aliphatic carbocycles. The maximum absolute atomic E-state index is 11.6. The fraction of sp³-hybridized carbons (Fsp3) is 0.920. The van der Waals surface area contributed by atoms with E-state index in [1.54, 1.807) is 0 Å². The van der Waals surface area contributed by atoms with E-state index in [1.165, 1.54) is 57.8 Å². The lowest BCUT2D eigenvalue weighted by Gasteiger charge is -2.08. The van der Waals surface area contributed by atoms with E-state index >= 15 is 0 Å². The van der Waals surface area contributed by atoms with Crippen molar-refractivity contribution in [2.24, 2.45) is 0 Å². The number of esters is 2. The number of ether oxygens (including phenoxy) is 4. The zero-order valence-corrected chi connectivity index (χ0v) is 20.3. The van der Waals surface area contributed by atoms with Gasteiger partial charge in [-0.15, -0.1) is 0 Å². The molecule has 0 fully saturated rings. The van der Waals surface area contributed by atoms with Gasteiger partial charge in [0.15, 0.2) is 0 Å². The molecule has 0 aromatic carbocycles. The molecule has 0 saturated carbocycles. The first kappa shape index (κ1) is 29.9. The molecule has 0 atom stereocenters. The molecule has 0 saturated heterocycles. The molecule has 0 spiro atoms. The van der Waals surface area contributed by atoms with E-state index in [4.69, 9.17) is 18.9 Å². The maximum atomic E-state index is 11.6.